The molecule has 0 heterocycles. The zero-order valence-electron chi connectivity index (χ0n) is 14.0. The predicted octanol–water partition coefficient (Wildman–Crippen LogP) is 2.71. The van der Waals surface area contributed by atoms with E-state index >= 15 is 0 Å². The summed E-state index contributed by atoms with van der Waals surface area (Å²) in [5.74, 6) is -2.36. The van der Waals surface area contributed by atoms with Gasteiger partial charge in [0.25, 0.3) is 17.9 Å². The Labute approximate surface area is 141 Å². The first-order valence-corrected chi connectivity index (χ1v) is 9.67. The summed E-state index contributed by atoms with van der Waals surface area (Å²) in [4.78, 5) is 35.3. The molecule has 0 saturated carbocycles. The van der Waals surface area contributed by atoms with E-state index in [1.54, 1.807) is 20.8 Å². The van der Waals surface area contributed by atoms with Gasteiger partial charge in [-0.15, -0.1) is 0 Å². The van der Waals surface area contributed by atoms with E-state index in [1.165, 1.54) is 24.3 Å². The lowest BCUT2D eigenvalue weighted by Crippen LogP contribution is -2.52. The van der Waals surface area contributed by atoms with E-state index in [9.17, 15) is 18.8 Å². The number of rotatable bonds is 8. The molecule has 1 aromatic rings. The molecule has 0 saturated heterocycles. The van der Waals surface area contributed by atoms with E-state index in [0.29, 0.717) is 5.56 Å². The molecule has 0 aliphatic rings. The number of hydrogen-bond donors (Lipinski definition) is 0. The van der Waals surface area contributed by atoms with Crippen molar-refractivity contribution in [1.29, 1.82) is 0 Å². The molecule has 0 atom stereocenters. The van der Waals surface area contributed by atoms with Gasteiger partial charge in [0, 0.05) is 19.3 Å². The lowest BCUT2D eigenvalue weighted by atomic mass is 10.2. The molecule has 0 spiro atoms. The molecular formula is C16H21FO6Si. The third-order valence-electron chi connectivity index (χ3n) is 3.01. The van der Waals surface area contributed by atoms with Crippen LogP contribution in [0.2, 0.25) is 0 Å². The quantitative estimate of drug-likeness (QED) is 0.667. The molecule has 0 N–H and O–H groups in total. The van der Waals surface area contributed by atoms with E-state index in [4.69, 9.17) is 13.3 Å². The van der Waals surface area contributed by atoms with Gasteiger partial charge >= 0.3 is 8.80 Å². The summed E-state index contributed by atoms with van der Waals surface area (Å²) in [5.41, 5.74) is 0.528. The second-order valence-corrected chi connectivity index (χ2v) is 7.30. The number of carbonyl (C=O) groups is 3. The Kier molecular flexibility index (Phi) is 7.57. The molecule has 0 fully saturated rings. The maximum Gasteiger partial charge on any atom is 0.709 e. The third kappa shape index (κ3) is 6.11. The van der Waals surface area contributed by atoms with Crippen LogP contribution in [0.25, 0.3) is 0 Å². The molecule has 0 aromatic heterocycles. The molecule has 1 rings (SSSR count). The molecule has 0 amide bonds. The van der Waals surface area contributed by atoms with Crippen LogP contribution in [0.5, 0.6) is 0 Å². The van der Waals surface area contributed by atoms with Crippen LogP contribution in [0.4, 0.5) is 4.39 Å². The van der Waals surface area contributed by atoms with E-state index in [-0.39, 0.29) is 25.3 Å². The van der Waals surface area contributed by atoms with Crippen molar-refractivity contribution in [3.05, 3.63) is 35.6 Å². The highest BCUT2D eigenvalue weighted by Gasteiger charge is 2.52. The minimum Gasteiger partial charge on any atom is -0.455 e. The average Bonchev–Trinajstić information content (AvgIpc) is 2.56. The normalized spacial score (nSPS) is 10.8. The van der Waals surface area contributed by atoms with Gasteiger partial charge in [-0.05, 0) is 17.7 Å². The maximum atomic E-state index is 13.1. The third-order valence-corrected chi connectivity index (χ3v) is 5.47. The molecule has 0 unspecified atom stereocenters. The van der Waals surface area contributed by atoms with Crippen LogP contribution in [0, 0.1) is 5.82 Å². The van der Waals surface area contributed by atoms with Crippen LogP contribution in [0.1, 0.15) is 45.6 Å². The molecule has 8 heteroatoms. The Bertz CT molecular complexity index is 541. The van der Waals surface area contributed by atoms with E-state index in [2.05, 4.69) is 0 Å². The van der Waals surface area contributed by atoms with Gasteiger partial charge in [0.15, 0.2) is 0 Å². The highest BCUT2D eigenvalue weighted by molar-refractivity contribution is 6.65. The molecular weight excluding hydrogens is 335 g/mol. The fourth-order valence-corrected chi connectivity index (χ4v) is 4.31. The van der Waals surface area contributed by atoms with Crippen LogP contribution in [0.3, 0.4) is 0 Å². The highest BCUT2D eigenvalue weighted by atomic mass is 28.4. The Morgan fingerprint density at radius 2 is 1.21 bits per heavy atom. The topological polar surface area (TPSA) is 78.9 Å². The van der Waals surface area contributed by atoms with Crippen LogP contribution >= 0.6 is 0 Å². The number of carbonyl (C=O) groups excluding carboxylic acids is 3. The lowest BCUT2D eigenvalue weighted by molar-refractivity contribution is -0.150. The molecule has 1 aromatic carbocycles. The summed E-state index contributed by atoms with van der Waals surface area (Å²) in [7, 11) is -3.98. The van der Waals surface area contributed by atoms with Gasteiger partial charge in [0.2, 0.25) is 0 Å². The average molecular weight is 356 g/mol. The first-order valence-electron chi connectivity index (χ1n) is 7.74. The van der Waals surface area contributed by atoms with Crippen LogP contribution in [-0.2, 0) is 33.7 Å². The van der Waals surface area contributed by atoms with Gasteiger partial charge in [-0.2, -0.15) is 0 Å². The molecule has 132 valence electrons. The summed E-state index contributed by atoms with van der Waals surface area (Å²) in [6.07, 6.45) is 0.0998. The van der Waals surface area contributed by atoms with Crippen molar-refractivity contribution in [2.75, 3.05) is 0 Å². The van der Waals surface area contributed by atoms with Crippen molar-refractivity contribution in [2.24, 2.45) is 0 Å². The maximum absolute atomic E-state index is 13.1. The number of halogens is 1. The van der Waals surface area contributed by atoms with Gasteiger partial charge in [-0.25, -0.2) is 4.39 Å². The number of hydrogen-bond acceptors (Lipinski definition) is 6. The van der Waals surface area contributed by atoms with E-state index < -0.39 is 32.5 Å². The zero-order chi connectivity index (χ0) is 18.2. The first kappa shape index (κ1) is 19.8. The molecule has 24 heavy (non-hydrogen) atoms. The Morgan fingerprint density at radius 1 is 0.833 bits per heavy atom. The van der Waals surface area contributed by atoms with Gasteiger partial charge < -0.3 is 13.3 Å². The summed E-state index contributed by atoms with van der Waals surface area (Å²) in [5, 5.41) is 0. The van der Waals surface area contributed by atoms with Crippen molar-refractivity contribution in [3.63, 3.8) is 0 Å². The van der Waals surface area contributed by atoms with Gasteiger partial charge in [-0.3, -0.25) is 14.4 Å². The summed E-state index contributed by atoms with van der Waals surface area (Å²) < 4.78 is 28.9. The lowest BCUT2D eigenvalue weighted by Gasteiger charge is -2.27. The van der Waals surface area contributed by atoms with Crippen LogP contribution < -0.4 is 0 Å². The Balaban J connectivity index is 3.19. The van der Waals surface area contributed by atoms with Crippen molar-refractivity contribution >= 4 is 26.7 Å². The number of benzene rings is 1. The molecule has 6 nitrogen and oxygen atoms in total. The summed E-state index contributed by atoms with van der Waals surface area (Å²) in [6.45, 7) is 4.72. The highest BCUT2D eigenvalue weighted by Crippen LogP contribution is 2.20. The first-order chi connectivity index (χ1) is 11.3. The second-order valence-electron chi connectivity index (χ2n) is 4.97. The fourth-order valence-electron chi connectivity index (χ4n) is 1.76. The van der Waals surface area contributed by atoms with Crippen molar-refractivity contribution in [1.82, 2.24) is 0 Å². The Hall–Kier alpha value is -2.22. The Morgan fingerprint density at radius 3 is 1.54 bits per heavy atom. The van der Waals surface area contributed by atoms with Gasteiger partial charge in [-0.1, -0.05) is 32.9 Å². The van der Waals surface area contributed by atoms with Crippen LogP contribution in [-0.4, -0.2) is 26.7 Å². The van der Waals surface area contributed by atoms with E-state index in [0.717, 1.165) is 0 Å². The molecule has 0 radical (unpaired) electrons. The SMILES string of the molecule is CCC(=O)O[Si](Cc1ccc(F)cc1)(OC(=O)CC)OC(=O)CC. The molecule has 0 aliphatic heterocycles. The predicted molar refractivity (Wildman–Crippen MR) is 85.0 cm³/mol. The minimum atomic E-state index is -3.98. The van der Waals surface area contributed by atoms with Crippen molar-refractivity contribution < 1.29 is 32.1 Å². The van der Waals surface area contributed by atoms with Crippen molar-refractivity contribution in [2.45, 2.75) is 46.1 Å². The fraction of sp³-hybridized carbons (Fsp3) is 0.438. The van der Waals surface area contributed by atoms with E-state index in [1.807, 2.05) is 0 Å². The smallest absolute Gasteiger partial charge is 0.455 e. The molecule has 0 bridgehead atoms. The summed E-state index contributed by atoms with van der Waals surface area (Å²) in [6, 6.07) is 5.25. The van der Waals surface area contributed by atoms with Crippen LogP contribution in [0.15, 0.2) is 24.3 Å². The monoisotopic (exact) mass is 356 g/mol. The zero-order valence-corrected chi connectivity index (χ0v) is 15.0. The largest absolute Gasteiger partial charge is 0.709 e. The van der Waals surface area contributed by atoms with Gasteiger partial charge in [0.1, 0.15) is 5.82 Å². The van der Waals surface area contributed by atoms with Gasteiger partial charge in [0.05, 0.1) is 6.04 Å². The second kappa shape index (κ2) is 9.17. The summed E-state index contributed by atoms with van der Waals surface area (Å²) >= 11 is 0. The minimum absolute atomic E-state index is 0.0333. The molecule has 0 aliphatic carbocycles. The standard InChI is InChI=1S/C16H21FO6Si/c1-4-14(18)21-24(22-15(19)5-2,23-16(20)6-3)11-12-7-9-13(17)10-8-12/h7-10H,4-6,11H2,1-3H3. The van der Waals surface area contributed by atoms with Crippen molar-refractivity contribution in [3.8, 4) is 0 Å².